The molecule has 4 heterocycles. The van der Waals surface area contributed by atoms with E-state index in [1.807, 2.05) is 12.1 Å². The lowest BCUT2D eigenvalue weighted by Gasteiger charge is -2.44. The van der Waals surface area contributed by atoms with Crippen LogP contribution in [0, 0.1) is 17.2 Å². The van der Waals surface area contributed by atoms with Crippen molar-refractivity contribution < 1.29 is 23.4 Å². The van der Waals surface area contributed by atoms with E-state index in [1.54, 1.807) is 19.2 Å². The van der Waals surface area contributed by atoms with E-state index >= 15 is 0 Å². The number of methoxy groups -OCH3 is 1. The van der Waals surface area contributed by atoms with Crippen LogP contribution in [0.4, 0.5) is 9.18 Å². The van der Waals surface area contributed by atoms with Crippen LogP contribution in [-0.4, -0.2) is 50.4 Å². The van der Waals surface area contributed by atoms with Crippen molar-refractivity contribution in [3.8, 4) is 22.6 Å². The van der Waals surface area contributed by atoms with Crippen molar-refractivity contribution in [1.82, 2.24) is 10.2 Å². The molecule has 3 saturated heterocycles. The average molecular weight is 455 g/mol. The standard InChI is InChI=1S/C26H31FN2O4/c1-26(2)15-32-22-12-19(16-4-6-18(27)7-5-16)21(31-3)13-20(22)24(26)28-25(30)33-23-14-29-10-8-17(23)9-11-29/h4-7,12-13,17,23-24H,8-11,14-15H2,1-3H3,(H,28,30)/t23-,24?/m0/s1. The highest BCUT2D eigenvalue weighted by molar-refractivity contribution is 5.74. The second-order valence-electron chi connectivity index (χ2n) is 10.0. The van der Waals surface area contributed by atoms with Crippen LogP contribution in [0.1, 0.15) is 38.3 Å². The number of nitrogens with one attached hydrogen (secondary N) is 1. The van der Waals surface area contributed by atoms with Crippen molar-refractivity contribution in [2.45, 2.75) is 38.8 Å². The molecule has 4 aliphatic heterocycles. The number of alkyl carbamates (subject to hydrolysis) is 1. The summed E-state index contributed by atoms with van der Waals surface area (Å²) >= 11 is 0. The maximum atomic E-state index is 13.4. The van der Waals surface area contributed by atoms with E-state index in [0.717, 1.165) is 49.2 Å². The second-order valence-corrected chi connectivity index (χ2v) is 10.0. The number of ether oxygens (including phenoxy) is 3. The van der Waals surface area contributed by atoms with Crippen molar-refractivity contribution in [3.05, 3.63) is 47.8 Å². The summed E-state index contributed by atoms with van der Waals surface area (Å²) < 4.78 is 31.1. The number of hydrogen-bond acceptors (Lipinski definition) is 5. The van der Waals surface area contributed by atoms with E-state index in [-0.39, 0.29) is 29.5 Å². The Balaban J connectivity index is 1.41. The Morgan fingerprint density at radius 1 is 1.18 bits per heavy atom. The van der Waals surface area contributed by atoms with Gasteiger partial charge < -0.3 is 19.5 Å². The fourth-order valence-corrected chi connectivity index (χ4v) is 5.33. The highest BCUT2D eigenvalue weighted by Gasteiger charge is 2.41. The van der Waals surface area contributed by atoms with Crippen molar-refractivity contribution in [2.24, 2.45) is 11.3 Å². The fraction of sp³-hybridized carbons (Fsp3) is 0.500. The van der Waals surface area contributed by atoms with Crippen LogP contribution in [0.3, 0.4) is 0 Å². The summed E-state index contributed by atoms with van der Waals surface area (Å²) in [6.07, 6.45) is 1.74. The van der Waals surface area contributed by atoms with Crippen molar-refractivity contribution in [2.75, 3.05) is 33.4 Å². The van der Waals surface area contributed by atoms with Gasteiger partial charge in [-0.1, -0.05) is 26.0 Å². The first-order valence-electron chi connectivity index (χ1n) is 11.6. The third-order valence-corrected chi connectivity index (χ3v) is 7.30. The quantitative estimate of drug-likeness (QED) is 0.721. The van der Waals surface area contributed by atoms with Gasteiger partial charge in [0.2, 0.25) is 0 Å². The number of carbonyl (C=O) groups excluding carboxylic acids is 1. The van der Waals surface area contributed by atoms with E-state index in [0.29, 0.717) is 24.0 Å². The average Bonchev–Trinajstić information content (AvgIpc) is 2.81. The molecule has 2 aromatic rings. The van der Waals surface area contributed by atoms with E-state index in [9.17, 15) is 9.18 Å². The first-order chi connectivity index (χ1) is 15.8. The summed E-state index contributed by atoms with van der Waals surface area (Å²) in [5.41, 5.74) is 2.14. The summed E-state index contributed by atoms with van der Waals surface area (Å²) in [6.45, 7) is 7.59. The molecular weight excluding hydrogens is 423 g/mol. The molecule has 6 rings (SSSR count). The number of carbonyl (C=O) groups is 1. The fourth-order valence-electron chi connectivity index (χ4n) is 5.33. The third kappa shape index (κ3) is 4.26. The zero-order valence-electron chi connectivity index (χ0n) is 19.4. The van der Waals surface area contributed by atoms with Gasteiger partial charge in [0.25, 0.3) is 0 Å². The minimum Gasteiger partial charge on any atom is -0.496 e. The van der Waals surface area contributed by atoms with Gasteiger partial charge in [-0.3, -0.25) is 4.90 Å². The Hall–Kier alpha value is -2.80. The van der Waals surface area contributed by atoms with E-state index in [4.69, 9.17) is 14.2 Å². The van der Waals surface area contributed by atoms with Crippen LogP contribution < -0.4 is 14.8 Å². The van der Waals surface area contributed by atoms with Crippen molar-refractivity contribution in [3.63, 3.8) is 0 Å². The summed E-state index contributed by atoms with van der Waals surface area (Å²) in [7, 11) is 1.60. The topological polar surface area (TPSA) is 60.0 Å². The van der Waals surface area contributed by atoms with Gasteiger partial charge in [0.05, 0.1) is 19.8 Å². The molecule has 1 unspecified atom stereocenters. The molecule has 0 radical (unpaired) electrons. The zero-order chi connectivity index (χ0) is 23.2. The molecule has 6 nitrogen and oxygen atoms in total. The highest BCUT2D eigenvalue weighted by Crippen LogP contribution is 2.47. The van der Waals surface area contributed by atoms with Crippen LogP contribution in [0.25, 0.3) is 11.1 Å². The smallest absolute Gasteiger partial charge is 0.407 e. The number of rotatable bonds is 4. The normalized spacial score (nSPS) is 27.3. The number of nitrogens with zero attached hydrogens (tertiary/aromatic N) is 1. The van der Waals surface area contributed by atoms with Crippen LogP contribution in [0.15, 0.2) is 36.4 Å². The zero-order valence-corrected chi connectivity index (χ0v) is 19.4. The molecule has 3 fully saturated rings. The number of amides is 1. The van der Waals surface area contributed by atoms with Gasteiger partial charge >= 0.3 is 6.09 Å². The molecule has 1 N–H and O–H groups in total. The van der Waals surface area contributed by atoms with Gasteiger partial charge in [-0.25, -0.2) is 9.18 Å². The molecule has 7 heteroatoms. The molecule has 0 aliphatic carbocycles. The predicted octanol–water partition coefficient (Wildman–Crippen LogP) is 4.78. The molecule has 0 aromatic heterocycles. The van der Waals surface area contributed by atoms with Gasteiger partial charge in [0, 0.05) is 23.1 Å². The van der Waals surface area contributed by atoms with Gasteiger partial charge in [0.1, 0.15) is 23.4 Å². The first kappa shape index (κ1) is 22.0. The van der Waals surface area contributed by atoms with Gasteiger partial charge in [-0.05, 0) is 61.7 Å². The minimum absolute atomic E-state index is 0.0506. The Kier molecular flexibility index (Phi) is 5.69. The lowest BCUT2D eigenvalue weighted by Crippen LogP contribution is -2.53. The van der Waals surface area contributed by atoms with Crippen molar-refractivity contribution in [1.29, 1.82) is 0 Å². The highest BCUT2D eigenvalue weighted by atomic mass is 19.1. The SMILES string of the molecule is COc1cc2c(cc1-c1ccc(F)cc1)OCC(C)(C)C2NC(=O)O[C@H]1CN2CCC1CC2. The number of benzene rings is 2. The Labute approximate surface area is 194 Å². The Morgan fingerprint density at radius 2 is 1.91 bits per heavy atom. The molecule has 33 heavy (non-hydrogen) atoms. The molecule has 1 amide bonds. The largest absolute Gasteiger partial charge is 0.496 e. The predicted molar refractivity (Wildman–Crippen MR) is 123 cm³/mol. The Bertz CT molecular complexity index is 1030. The van der Waals surface area contributed by atoms with Gasteiger partial charge in [-0.15, -0.1) is 0 Å². The van der Waals surface area contributed by atoms with E-state index in [2.05, 4.69) is 24.1 Å². The third-order valence-electron chi connectivity index (χ3n) is 7.30. The molecule has 4 aliphatic rings. The summed E-state index contributed by atoms with van der Waals surface area (Å²) in [4.78, 5) is 15.3. The maximum absolute atomic E-state index is 13.4. The molecule has 0 saturated carbocycles. The van der Waals surface area contributed by atoms with Crippen LogP contribution in [0.2, 0.25) is 0 Å². The molecule has 2 aromatic carbocycles. The number of fused-ring (bicyclic) bond motifs is 4. The van der Waals surface area contributed by atoms with E-state index in [1.165, 1.54) is 12.1 Å². The van der Waals surface area contributed by atoms with Crippen molar-refractivity contribution >= 4 is 6.09 Å². The van der Waals surface area contributed by atoms with E-state index < -0.39 is 0 Å². The van der Waals surface area contributed by atoms with Crippen LogP contribution in [0.5, 0.6) is 11.5 Å². The molecule has 2 bridgehead atoms. The molecule has 2 atom stereocenters. The lowest BCUT2D eigenvalue weighted by molar-refractivity contribution is -0.0361. The molecule has 0 spiro atoms. The summed E-state index contributed by atoms with van der Waals surface area (Å²) in [6, 6.07) is 9.80. The van der Waals surface area contributed by atoms with Crippen LogP contribution in [-0.2, 0) is 4.74 Å². The van der Waals surface area contributed by atoms with Gasteiger partial charge in [-0.2, -0.15) is 0 Å². The first-order valence-corrected chi connectivity index (χ1v) is 11.6. The Morgan fingerprint density at radius 3 is 2.55 bits per heavy atom. The molecule has 176 valence electrons. The second kappa shape index (κ2) is 8.52. The molecular formula is C26H31FN2O4. The number of piperidine rings is 3. The maximum Gasteiger partial charge on any atom is 0.407 e. The summed E-state index contributed by atoms with van der Waals surface area (Å²) in [5, 5.41) is 3.13. The van der Waals surface area contributed by atoms with Crippen LogP contribution >= 0.6 is 0 Å². The van der Waals surface area contributed by atoms with Gasteiger partial charge in [0.15, 0.2) is 0 Å². The summed E-state index contributed by atoms with van der Waals surface area (Å²) in [5.74, 6) is 1.48. The lowest BCUT2D eigenvalue weighted by atomic mass is 9.78. The minimum atomic E-state index is -0.388. The number of halogens is 1. The monoisotopic (exact) mass is 454 g/mol. The number of hydrogen-bond donors (Lipinski definition) is 1.